The van der Waals surface area contributed by atoms with Crippen LogP contribution in [0.5, 0.6) is 0 Å². The number of nitrogens with zero attached hydrogens (tertiary/aromatic N) is 2. The van der Waals surface area contributed by atoms with Gasteiger partial charge in [-0.1, -0.05) is 0 Å². The van der Waals surface area contributed by atoms with Gasteiger partial charge in [-0.3, -0.25) is 0 Å². The van der Waals surface area contributed by atoms with Gasteiger partial charge >= 0.3 is 5.97 Å². The van der Waals surface area contributed by atoms with Gasteiger partial charge in [0.2, 0.25) is 0 Å². The van der Waals surface area contributed by atoms with Crippen LogP contribution in [0.2, 0.25) is 0 Å². The fourth-order valence-corrected chi connectivity index (χ4v) is 3.29. The van der Waals surface area contributed by atoms with Crippen LogP contribution in [0.3, 0.4) is 0 Å². The number of carboxylic acids is 1. The summed E-state index contributed by atoms with van der Waals surface area (Å²) in [4.78, 5) is 17.6. The molecule has 1 aliphatic heterocycles. The lowest BCUT2D eigenvalue weighted by Gasteiger charge is -2.29. The van der Waals surface area contributed by atoms with E-state index in [2.05, 4.69) is 9.88 Å². The first kappa shape index (κ1) is 11.5. The van der Waals surface area contributed by atoms with Crippen LogP contribution in [-0.2, 0) is 0 Å². The standard InChI is InChI=1S/C13H14N2O2S/c16-13(17)10-8-11(15-5-2-1-3-6-15)12-9(14-10)4-7-18-12/h4,7-8H,1-3,5-6H2,(H,16,17). The summed E-state index contributed by atoms with van der Waals surface area (Å²) in [6.45, 7) is 2.02. The van der Waals surface area contributed by atoms with Crippen molar-refractivity contribution < 1.29 is 9.90 Å². The number of thiophene rings is 1. The van der Waals surface area contributed by atoms with E-state index in [-0.39, 0.29) is 5.69 Å². The minimum absolute atomic E-state index is 0.140. The van der Waals surface area contributed by atoms with Crippen molar-refractivity contribution in [3.63, 3.8) is 0 Å². The molecule has 0 aromatic carbocycles. The largest absolute Gasteiger partial charge is 0.477 e. The molecule has 3 heterocycles. The number of carbonyl (C=O) groups is 1. The Morgan fingerprint density at radius 2 is 2.11 bits per heavy atom. The van der Waals surface area contributed by atoms with E-state index >= 15 is 0 Å². The van der Waals surface area contributed by atoms with Gasteiger partial charge in [0.25, 0.3) is 0 Å². The molecule has 0 bridgehead atoms. The molecule has 0 amide bonds. The van der Waals surface area contributed by atoms with Crippen molar-refractivity contribution in [2.45, 2.75) is 19.3 Å². The minimum Gasteiger partial charge on any atom is -0.477 e. The fourth-order valence-electron chi connectivity index (χ4n) is 2.42. The zero-order valence-electron chi connectivity index (χ0n) is 9.93. The second-order valence-corrected chi connectivity index (χ2v) is 5.43. The van der Waals surface area contributed by atoms with Crippen LogP contribution >= 0.6 is 11.3 Å². The number of fused-ring (bicyclic) bond motifs is 1. The number of pyridine rings is 1. The maximum absolute atomic E-state index is 11.1. The van der Waals surface area contributed by atoms with Gasteiger partial charge in [-0.05, 0) is 36.8 Å². The molecule has 3 rings (SSSR count). The lowest BCUT2D eigenvalue weighted by atomic mass is 10.1. The summed E-state index contributed by atoms with van der Waals surface area (Å²) in [5.41, 5.74) is 1.97. The summed E-state index contributed by atoms with van der Waals surface area (Å²) in [6, 6.07) is 3.60. The molecule has 4 nitrogen and oxygen atoms in total. The lowest BCUT2D eigenvalue weighted by Crippen LogP contribution is -2.29. The van der Waals surface area contributed by atoms with Crippen LogP contribution in [-0.4, -0.2) is 29.1 Å². The third kappa shape index (κ3) is 1.95. The van der Waals surface area contributed by atoms with Crippen molar-refractivity contribution in [1.29, 1.82) is 0 Å². The first-order valence-electron chi connectivity index (χ1n) is 6.12. The second kappa shape index (κ2) is 4.57. The van der Waals surface area contributed by atoms with Gasteiger partial charge in [0.1, 0.15) is 0 Å². The molecular weight excluding hydrogens is 248 g/mol. The highest BCUT2D eigenvalue weighted by Crippen LogP contribution is 2.32. The average molecular weight is 262 g/mol. The topological polar surface area (TPSA) is 53.4 Å². The van der Waals surface area contributed by atoms with Crippen LogP contribution in [0.15, 0.2) is 17.5 Å². The van der Waals surface area contributed by atoms with E-state index < -0.39 is 5.97 Å². The molecule has 0 saturated carbocycles. The van der Waals surface area contributed by atoms with Crippen molar-refractivity contribution in [2.24, 2.45) is 0 Å². The Kier molecular flexibility index (Phi) is 2.91. The molecule has 1 fully saturated rings. The Labute approximate surface area is 109 Å². The summed E-state index contributed by atoms with van der Waals surface area (Å²) < 4.78 is 1.10. The lowest BCUT2D eigenvalue weighted by molar-refractivity contribution is 0.0691. The van der Waals surface area contributed by atoms with Crippen molar-refractivity contribution in [3.8, 4) is 0 Å². The van der Waals surface area contributed by atoms with Crippen molar-refractivity contribution in [1.82, 2.24) is 4.98 Å². The third-order valence-corrected chi connectivity index (χ3v) is 4.23. The average Bonchev–Trinajstić information content (AvgIpc) is 2.86. The number of rotatable bonds is 2. The number of aromatic nitrogens is 1. The van der Waals surface area contributed by atoms with E-state index in [9.17, 15) is 4.79 Å². The van der Waals surface area contributed by atoms with Crippen LogP contribution in [0, 0.1) is 0 Å². The molecule has 1 N–H and O–H groups in total. The van der Waals surface area contributed by atoms with Gasteiger partial charge in [0, 0.05) is 13.1 Å². The van der Waals surface area contributed by atoms with Gasteiger partial charge in [-0.15, -0.1) is 11.3 Å². The smallest absolute Gasteiger partial charge is 0.354 e. The second-order valence-electron chi connectivity index (χ2n) is 4.51. The van der Waals surface area contributed by atoms with Gasteiger partial charge in [-0.2, -0.15) is 0 Å². The molecule has 18 heavy (non-hydrogen) atoms. The summed E-state index contributed by atoms with van der Waals surface area (Å²) >= 11 is 1.63. The minimum atomic E-state index is -0.957. The molecule has 94 valence electrons. The summed E-state index contributed by atoms with van der Waals surface area (Å²) in [5.74, 6) is -0.957. The van der Waals surface area contributed by atoms with Crippen molar-refractivity contribution in [2.75, 3.05) is 18.0 Å². The Morgan fingerprint density at radius 1 is 1.33 bits per heavy atom. The molecule has 1 saturated heterocycles. The SMILES string of the molecule is O=C(O)c1cc(N2CCCCC2)c2sccc2n1. The maximum Gasteiger partial charge on any atom is 0.354 e. The van der Waals surface area contributed by atoms with Crippen molar-refractivity contribution >= 4 is 33.2 Å². The van der Waals surface area contributed by atoms with Gasteiger partial charge in [0.05, 0.1) is 15.9 Å². The molecule has 2 aromatic heterocycles. The highest BCUT2D eigenvalue weighted by Gasteiger charge is 2.18. The van der Waals surface area contributed by atoms with E-state index in [0.29, 0.717) is 0 Å². The van der Waals surface area contributed by atoms with Crippen LogP contribution < -0.4 is 4.90 Å². The Morgan fingerprint density at radius 3 is 2.83 bits per heavy atom. The maximum atomic E-state index is 11.1. The Hall–Kier alpha value is -1.62. The summed E-state index contributed by atoms with van der Waals surface area (Å²) in [7, 11) is 0. The first-order valence-corrected chi connectivity index (χ1v) is 7.00. The van der Waals surface area contributed by atoms with E-state index in [4.69, 9.17) is 5.11 Å². The molecule has 0 unspecified atom stereocenters. The number of piperidine rings is 1. The van der Waals surface area contributed by atoms with Crippen LogP contribution in [0.1, 0.15) is 29.8 Å². The monoisotopic (exact) mass is 262 g/mol. The zero-order chi connectivity index (χ0) is 12.5. The number of aromatic carboxylic acids is 1. The number of hydrogen-bond acceptors (Lipinski definition) is 4. The normalized spacial score (nSPS) is 16.1. The first-order chi connectivity index (χ1) is 8.75. The third-order valence-electron chi connectivity index (χ3n) is 3.31. The molecule has 5 heteroatoms. The Balaban J connectivity index is 2.12. The van der Waals surface area contributed by atoms with E-state index in [1.165, 1.54) is 19.3 Å². The predicted molar refractivity (Wildman–Crippen MR) is 72.6 cm³/mol. The molecular formula is C13H14N2O2S. The Bertz CT molecular complexity index is 588. The number of hydrogen-bond donors (Lipinski definition) is 1. The van der Waals surface area contributed by atoms with E-state index in [1.54, 1.807) is 17.4 Å². The number of anilines is 1. The predicted octanol–water partition coefficient (Wildman–Crippen LogP) is 2.98. The molecule has 0 spiro atoms. The number of carboxylic acid groups (broad SMARTS) is 1. The molecule has 0 atom stereocenters. The summed E-state index contributed by atoms with van der Waals surface area (Å²) in [5, 5.41) is 11.1. The highest BCUT2D eigenvalue weighted by atomic mass is 32.1. The van der Waals surface area contributed by atoms with Gasteiger partial charge < -0.3 is 10.0 Å². The van der Waals surface area contributed by atoms with E-state index in [1.807, 2.05) is 11.4 Å². The van der Waals surface area contributed by atoms with Crippen LogP contribution in [0.25, 0.3) is 10.2 Å². The van der Waals surface area contributed by atoms with E-state index in [0.717, 1.165) is 29.0 Å². The molecule has 0 aliphatic carbocycles. The molecule has 2 aromatic rings. The molecule has 1 aliphatic rings. The summed E-state index contributed by atoms with van der Waals surface area (Å²) in [6.07, 6.45) is 3.62. The zero-order valence-corrected chi connectivity index (χ0v) is 10.7. The molecule has 0 radical (unpaired) electrons. The fraction of sp³-hybridized carbons (Fsp3) is 0.385. The van der Waals surface area contributed by atoms with Crippen molar-refractivity contribution in [3.05, 3.63) is 23.2 Å². The van der Waals surface area contributed by atoms with Crippen LogP contribution in [0.4, 0.5) is 5.69 Å². The van der Waals surface area contributed by atoms with Gasteiger partial charge in [-0.25, -0.2) is 9.78 Å². The highest BCUT2D eigenvalue weighted by molar-refractivity contribution is 7.17. The van der Waals surface area contributed by atoms with Gasteiger partial charge in [0.15, 0.2) is 5.69 Å². The quantitative estimate of drug-likeness (QED) is 0.904.